The van der Waals surface area contributed by atoms with Crippen LogP contribution in [0.5, 0.6) is 0 Å². The Morgan fingerprint density at radius 1 is 1.03 bits per heavy atom. The maximum absolute atomic E-state index is 13.3. The highest BCUT2D eigenvalue weighted by Crippen LogP contribution is 2.27. The van der Waals surface area contributed by atoms with Gasteiger partial charge in [-0.1, -0.05) is 42.5 Å². The summed E-state index contributed by atoms with van der Waals surface area (Å²) in [7, 11) is 1.76. The van der Waals surface area contributed by atoms with Crippen molar-refractivity contribution < 1.29 is 4.79 Å². The van der Waals surface area contributed by atoms with E-state index in [1.54, 1.807) is 16.0 Å². The van der Waals surface area contributed by atoms with E-state index in [2.05, 4.69) is 5.32 Å². The summed E-state index contributed by atoms with van der Waals surface area (Å²) in [4.78, 5) is 33.2. The Bertz CT molecular complexity index is 1300. The quantitative estimate of drug-likeness (QED) is 0.569. The van der Waals surface area contributed by atoms with Gasteiger partial charge in [-0.25, -0.2) is 14.2 Å². The Morgan fingerprint density at radius 3 is 2.50 bits per heavy atom. The number of para-hydroxylation sites is 1. The van der Waals surface area contributed by atoms with E-state index in [0.29, 0.717) is 30.1 Å². The van der Waals surface area contributed by atoms with Gasteiger partial charge in [0.2, 0.25) is 5.91 Å². The van der Waals surface area contributed by atoms with E-state index in [1.807, 2.05) is 59.5 Å². The van der Waals surface area contributed by atoms with E-state index in [0.717, 1.165) is 29.6 Å². The van der Waals surface area contributed by atoms with Gasteiger partial charge < -0.3 is 10.2 Å². The fourth-order valence-electron chi connectivity index (χ4n) is 4.21. The molecule has 1 N–H and O–H groups in total. The van der Waals surface area contributed by atoms with Gasteiger partial charge in [0, 0.05) is 44.2 Å². The average molecular weight is 401 g/mol. The summed E-state index contributed by atoms with van der Waals surface area (Å²) in [6, 6.07) is 17.5. The van der Waals surface area contributed by atoms with Crippen molar-refractivity contribution in [1.29, 1.82) is 0 Å². The van der Waals surface area contributed by atoms with Gasteiger partial charge in [-0.05, 0) is 12.1 Å². The largest absolute Gasteiger partial charge is 0.340 e. The lowest BCUT2D eigenvalue weighted by atomic mass is 10.1. The molecule has 0 unspecified atom stereocenters. The predicted octanol–water partition coefficient (Wildman–Crippen LogP) is 1.83. The molecular formula is C23H23N5O2. The van der Waals surface area contributed by atoms with Crippen molar-refractivity contribution in [2.45, 2.75) is 6.42 Å². The Balaban J connectivity index is 1.76. The molecule has 4 aromatic rings. The van der Waals surface area contributed by atoms with E-state index in [1.165, 1.54) is 0 Å². The number of carbonyl (C=O) groups excluding carboxylic acids is 1. The third-order valence-corrected chi connectivity index (χ3v) is 5.79. The molecule has 2 aromatic carbocycles. The molecule has 30 heavy (non-hydrogen) atoms. The van der Waals surface area contributed by atoms with E-state index >= 15 is 0 Å². The lowest BCUT2D eigenvalue weighted by Crippen LogP contribution is -2.47. The van der Waals surface area contributed by atoms with Crippen LogP contribution in [0.2, 0.25) is 0 Å². The highest BCUT2D eigenvalue weighted by Gasteiger charge is 2.24. The number of benzene rings is 2. The number of imidazole rings is 1. The summed E-state index contributed by atoms with van der Waals surface area (Å²) in [5.41, 5.74) is 3.45. The highest BCUT2D eigenvalue weighted by atomic mass is 16.2. The molecule has 3 heterocycles. The number of aryl methyl sites for hydroxylation is 1. The van der Waals surface area contributed by atoms with Crippen molar-refractivity contribution in [3.8, 4) is 11.3 Å². The van der Waals surface area contributed by atoms with Crippen molar-refractivity contribution in [1.82, 2.24) is 24.2 Å². The molecule has 0 aliphatic carbocycles. The molecule has 5 rings (SSSR count). The van der Waals surface area contributed by atoms with Gasteiger partial charge in [0.25, 0.3) is 0 Å². The van der Waals surface area contributed by atoms with Crippen LogP contribution in [0.4, 0.5) is 0 Å². The second-order valence-electron chi connectivity index (χ2n) is 7.60. The predicted molar refractivity (Wildman–Crippen MR) is 117 cm³/mol. The first-order chi connectivity index (χ1) is 14.6. The number of carbonyl (C=O) groups is 1. The number of nitrogens with one attached hydrogen (secondary N) is 1. The Labute approximate surface area is 173 Å². The maximum Gasteiger partial charge on any atom is 0.334 e. The minimum atomic E-state index is -0.193. The van der Waals surface area contributed by atoms with Crippen LogP contribution in [0.1, 0.15) is 5.69 Å². The van der Waals surface area contributed by atoms with Crippen molar-refractivity contribution in [3.05, 3.63) is 70.8 Å². The van der Waals surface area contributed by atoms with Crippen molar-refractivity contribution in [2.75, 3.05) is 26.2 Å². The summed E-state index contributed by atoms with van der Waals surface area (Å²) in [5, 5.41) is 4.15. The standard InChI is InChI=1S/C23H23N5O2/c1-26-18-10-6-5-9-17(18)22-25-21(16-7-3-2-4-8-16)19(28(22)23(26)30)15-20(29)27-13-11-24-12-14-27/h2-10,24H,11-15H2,1H3. The van der Waals surface area contributed by atoms with Crippen LogP contribution < -0.4 is 11.0 Å². The zero-order valence-electron chi connectivity index (χ0n) is 16.8. The second kappa shape index (κ2) is 7.42. The van der Waals surface area contributed by atoms with Gasteiger partial charge in [0.05, 0.1) is 23.3 Å². The van der Waals surface area contributed by atoms with Crippen molar-refractivity contribution >= 4 is 22.5 Å². The van der Waals surface area contributed by atoms with Gasteiger partial charge in [0.1, 0.15) is 0 Å². The van der Waals surface area contributed by atoms with Gasteiger partial charge in [0.15, 0.2) is 5.65 Å². The van der Waals surface area contributed by atoms with Crippen LogP contribution in [0.3, 0.4) is 0 Å². The molecule has 7 heteroatoms. The van der Waals surface area contributed by atoms with Gasteiger partial charge in [-0.15, -0.1) is 0 Å². The number of amides is 1. The minimum Gasteiger partial charge on any atom is -0.340 e. The summed E-state index contributed by atoms with van der Waals surface area (Å²) in [5.74, 6) is 0.0192. The van der Waals surface area contributed by atoms with E-state index < -0.39 is 0 Å². The second-order valence-corrected chi connectivity index (χ2v) is 7.60. The molecule has 1 saturated heterocycles. The monoisotopic (exact) mass is 401 g/mol. The van der Waals surface area contributed by atoms with Crippen molar-refractivity contribution in [2.24, 2.45) is 7.05 Å². The molecular weight excluding hydrogens is 378 g/mol. The minimum absolute atomic E-state index is 0.0192. The average Bonchev–Trinajstić information content (AvgIpc) is 3.18. The molecule has 152 valence electrons. The first-order valence-corrected chi connectivity index (χ1v) is 10.2. The lowest BCUT2D eigenvalue weighted by Gasteiger charge is -2.27. The molecule has 2 aromatic heterocycles. The molecule has 1 amide bonds. The molecule has 1 aliphatic rings. The van der Waals surface area contributed by atoms with Crippen LogP contribution >= 0.6 is 0 Å². The van der Waals surface area contributed by atoms with Crippen LogP contribution in [0.15, 0.2) is 59.4 Å². The smallest absolute Gasteiger partial charge is 0.334 e. The first-order valence-electron chi connectivity index (χ1n) is 10.2. The lowest BCUT2D eigenvalue weighted by molar-refractivity contribution is -0.131. The van der Waals surface area contributed by atoms with Gasteiger partial charge >= 0.3 is 5.69 Å². The Morgan fingerprint density at radius 2 is 1.73 bits per heavy atom. The normalized spacial score (nSPS) is 14.5. The SMILES string of the molecule is Cn1c(=O)n2c(CC(=O)N3CCNCC3)c(-c3ccccc3)nc2c2ccccc21. The number of hydrogen-bond donors (Lipinski definition) is 1. The van der Waals surface area contributed by atoms with E-state index in [-0.39, 0.29) is 18.0 Å². The summed E-state index contributed by atoms with van der Waals surface area (Å²) in [6.45, 7) is 2.93. The first kappa shape index (κ1) is 18.6. The number of rotatable bonds is 3. The number of piperazine rings is 1. The van der Waals surface area contributed by atoms with Crippen LogP contribution in [0, 0.1) is 0 Å². The topological polar surface area (TPSA) is 71.6 Å². The third kappa shape index (κ3) is 2.98. The fourth-order valence-corrected chi connectivity index (χ4v) is 4.21. The summed E-state index contributed by atoms with van der Waals surface area (Å²) >= 11 is 0. The number of hydrogen-bond acceptors (Lipinski definition) is 4. The van der Waals surface area contributed by atoms with Crippen LogP contribution in [-0.2, 0) is 18.3 Å². The third-order valence-electron chi connectivity index (χ3n) is 5.79. The molecule has 0 spiro atoms. The Hall–Kier alpha value is -3.45. The molecule has 7 nitrogen and oxygen atoms in total. The van der Waals surface area contributed by atoms with Crippen LogP contribution in [-0.4, -0.2) is 50.9 Å². The molecule has 0 saturated carbocycles. The molecule has 1 fully saturated rings. The van der Waals surface area contributed by atoms with Gasteiger partial charge in [-0.3, -0.25) is 9.36 Å². The number of aromatic nitrogens is 3. The summed E-state index contributed by atoms with van der Waals surface area (Å²) in [6.07, 6.45) is 0.138. The van der Waals surface area contributed by atoms with E-state index in [9.17, 15) is 9.59 Å². The zero-order valence-corrected chi connectivity index (χ0v) is 16.8. The van der Waals surface area contributed by atoms with E-state index in [4.69, 9.17) is 4.98 Å². The molecule has 1 aliphatic heterocycles. The van der Waals surface area contributed by atoms with Gasteiger partial charge in [-0.2, -0.15) is 0 Å². The fraction of sp³-hybridized carbons (Fsp3) is 0.261. The molecule has 0 bridgehead atoms. The number of fused-ring (bicyclic) bond motifs is 3. The highest BCUT2D eigenvalue weighted by molar-refractivity contribution is 5.93. The molecule has 0 radical (unpaired) electrons. The van der Waals surface area contributed by atoms with Crippen molar-refractivity contribution in [3.63, 3.8) is 0 Å². The molecule has 0 atom stereocenters. The zero-order chi connectivity index (χ0) is 20.7. The Kier molecular flexibility index (Phi) is 4.59. The van der Waals surface area contributed by atoms with Crippen LogP contribution in [0.25, 0.3) is 27.8 Å². The summed E-state index contributed by atoms with van der Waals surface area (Å²) < 4.78 is 3.24. The maximum atomic E-state index is 13.3. The number of nitrogens with zero attached hydrogens (tertiary/aromatic N) is 4.